The maximum Gasteiger partial charge on any atom is 0.472 e. The summed E-state index contributed by atoms with van der Waals surface area (Å²) in [6.45, 7) is 3.55. The first-order chi connectivity index (χ1) is 32.4. The molecule has 0 spiro atoms. The topological polar surface area (TPSA) is 256 Å². The monoisotopic (exact) mass is 1010 g/mol. The van der Waals surface area contributed by atoms with Crippen LogP contribution in [0.3, 0.4) is 0 Å². The first-order valence-electron chi connectivity index (χ1n) is 25.2. The van der Waals surface area contributed by atoms with Crippen LogP contribution in [0.15, 0.2) is 60.8 Å². The maximum absolute atomic E-state index is 12.7. The lowest BCUT2D eigenvalue weighted by Crippen LogP contribution is -2.30. The van der Waals surface area contributed by atoms with Crippen LogP contribution in [0.1, 0.15) is 181 Å². The highest BCUT2D eigenvalue weighted by molar-refractivity contribution is 7.47. The summed E-state index contributed by atoms with van der Waals surface area (Å²) >= 11 is 0. The van der Waals surface area contributed by atoms with E-state index in [1.54, 1.807) is 42.5 Å². The summed E-state index contributed by atoms with van der Waals surface area (Å²) in [6, 6.07) is 0. The third-order valence-corrected chi connectivity index (χ3v) is 12.1. The van der Waals surface area contributed by atoms with E-state index in [1.807, 2.05) is 19.1 Å². The summed E-state index contributed by atoms with van der Waals surface area (Å²) in [5, 5.41) is 40.3. The third-order valence-electron chi connectivity index (χ3n) is 10.7. The summed E-state index contributed by atoms with van der Waals surface area (Å²) in [6.07, 6.45) is 35.8. The molecule has 1 unspecified atom stereocenters. The van der Waals surface area contributed by atoms with Crippen molar-refractivity contribution in [1.82, 2.24) is 0 Å². The number of allylic oxidation sites excluding steroid dienone is 7. The number of hydrogen-bond donors (Lipinski definition) is 7. The average molecular weight is 1010 g/mol. The van der Waals surface area contributed by atoms with Crippen molar-refractivity contribution < 1.29 is 76.9 Å². The number of carbonyl (C=O) groups excluding carboxylic acids is 2. The zero-order chi connectivity index (χ0) is 50.7. The van der Waals surface area contributed by atoms with Gasteiger partial charge in [0, 0.05) is 12.8 Å². The zero-order valence-corrected chi connectivity index (χ0v) is 43.2. The molecular formula is C50H90O16P2. The molecule has 0 rings (SSSR count). The molecular weight excluding hydrogens is 918 g/mol. The van der Waals surface area contributed by atoms with E-state index in [2.05, 4.69) is 22.9 Å². The molecule has 0 bridgehead atoms. The number of phosphoric ester groups is 2. The molecule has 0 saturated carbocycles. The smallest absolute Gasteiger partial charge is 0.462 e. The van der Waals surface area contributed by atoms with Crippen molar-refractivity contribution in [3.63, 3.8) is 0 Å². The molecule has 6 atom stereocenters. The number of rotatable bonds is 46. The van der Waals surface area contributed by atoms with Crippen molar-refractivity contribution in [2.75, 3.05) is 26.4 Å². The average Bonchev–Trinajstić information content (AvgIpc) is 3.28. The van der Waals surface area contributed by atoms with Crippen LogP contribution in [0.5, 0.6) is 0 Å². The Labute approximate surface area is 408 Å². The fourth-order valence-electron chi connectivity index (χ4n) is 6.76. The molecule has 0 radical (unpaired) electrons. The van der Waals surface area contributed by atoms with Gasteiger partial charge in [-0.25, -0.2) is 9.13 Å². The lowest BCUT2D eigenvalue weighted by Gasteiger charge is -2.20. The van der Waals surface area contributed by atoms with E-state index in [4.69, 9.17) is 23.8 Å². The van der Waals surface area contributed by atoms with Crippen molar-refractivity contribution in [2.45, 2.75) is 212 Å². The molecule has 0 heterocycles. The van der Waals surface area contributed by atoms with Crippen molar-refractivity contribution >= 4 is 27.6 Å². The van der Waals surface area contributed by atoms with Crippen molar-refractivity contribution in [3.8, 4) is 0 Å². The predicted molar refractivity (Wildman–Crippen MR) is 266 cm³/mol. The largest absolute Gasteiger partial charge is 0.472 e. The summed E-state index contributed by atoms with van der Waals surface area (Å²) in [5.41, 5.74) is 0. The van der Waals surface area contributed by atoms with E-state index in [-0.39, 0.29) is 25.7 Å². The number of esters is 2. The number of carbonyl (C=O) groups is 2. The number of aliphatic hydroxyl groups excluding tert-OH is 4. The molecule has 0 saturated heterocycles. The first-order valence-corrected chi connectivity index (χ1v) is 28.2. The van der Waals surface area contributed by atoms with Crippen LogP contribution < -0.4 is 0 Å². The summed E-state index contributed by atoms with van der Waals surface area (Å²) < 4.78 is 47.7. The standard InChI is InChI=1S/C50H90O16P2/c1-4-5-26-33-44(51)34-28-23-20-21-24-29-35-47(53)48(54)36-31-38-49(55)62-41-46(42-65-68(60,61)64-40-45(52)39-63-67(57,58)59)66-50(56)37-30-25-19-17-15-13-11-9-7-6-8-10-12-14-16-18-22-27-32-43(2)3/h5,20-21,23-24,26,28-29,34-35,43-48,51-54H,4,6-19,22,25,27,30-33,36-42H2,1-3H3,(H,60,61)(H2,57,58,59)/b23-20+,24-21-,26-5-,34-28+,35-29-/t44-,45+,46-,47+,48+/m1/s1. The van der Waals surface area contributed by atoms with E-state index >= 15 is 0 Å². The second-order valence-electron chi connectivity index (χ2n) is 17.8. The van der Waals surface area contributed by atoms with Gasteiger partial charge in [-0.2, -0.15) is 0 Å². The second kappa shape index (κ2) is 43.5. The van der Waals surface area contributed by atoms with Crippen LogP contribution >= 0.6 is 15.6 Å². The van der Waals surface area contributed by atoms with Crippen LogP contribution in [-0.4, -0.2) is 104 Å². The molecule has 0 aliphatic heterocycles. The van der Waals surface area contributed by atoms with E-state index in [0.717, 1.165) is 38.0 Å². The van der Waals surface area contributed by atoms with Gasteiger partial charge < -0.3 is 44.6 Å². The normalized spacial score (nSPS) is 15.8. The van der Waals surface area contributed by atoms with Gasteiger partial charge in [0.1, 0.15) is 12.7 Å². The fourth-order valence-corrected chi connectivity index (χ4v) is 7.91. The Bertz CT molecular complexity index is 1490. The SMILES string of the molecule is CC/C=C\C[C@@H](O)/C=C/C=C/C=C\C=C/[C@H](O)[C@@H](O)CCCC(=O)OC[C@H](COP(=O)(O)OC[C@@H](O)COP(=O)(O)O)OC(=O)CCCCCCCCCCCCCCCCCCCCC(C)C. The summed E-state index contributed by atoms with van der Waals surface area (Å²) in [7, 11) is -9.80. The number of phosphoric acid groups is 2. The highest BCUT2D eigenvalue weighted by Crippen LogP contribution is 2.44. The number of ether oxygens (including phenoxy) is 2. The predicted octanol–water partition coefficient (Wildman–Crippen LogP) is 10.3. The number of aliphatic hydroxyl groups is 4. The minimum absolute atomic E-state index is 0.0571. The van der Waals surface area contributed by atoms with E-state index in [9.17, 15) is 44.0 Å². The molecule has 68 heavy (non-hydrogen) atoms. The Morgan fingerprint density at radius 3 is 1.53 bits per heavy atom. The Hall–Kier alpha value is -2.30. The quantitative estimate of drug-likeness (QED) is 0.00984. The zero-order valence-electron chi connectivity index (χ0n) is 41.4. The molecule has 396 valence electrons. The van der Waals surface area contributed by atoms with Gasteiger partial charge in [-0.15, -0.1) is 0 Å². The van der Waals surface area contributed by atoms with E-state index in [0.29, 0.717) is 12.8 Å². The Kier molecular flexibility index (Phi) is 42.0. The molecule has 0 amide bonds. The molecule has 0 aliphatic carbocycles. The summed E-state index contributed by atoms with van der Waals surface area (Å²) in [5.74, 6) is -0.542. The van der Waals surface area contributed by atoms with Gasteiger partial charge in [-0.05, 0) is 38.0 Å². The molecule has 0 aromatic carbocycles. The Balaban J connectivity index is 4.67. The molecule has 7 N–H and O–H groups in total. The van der Waals surface area contributed by atoms with Gasteiger partial charge in [0.2, 0.25) is 0 Å². The molecule has 18 heteroatoms. The number of unbranched alkanes of at least 4 members (excludes halogenated alkanes) is 17. The van der Waals surface area contributed by atoms with E-state index in [1.165, 1.54) is 96.0 Å². The van der Waals surface area contributed by atoms with Crippen LogP contribution in [0.2, 0.25) is 0 Å². The lowest BCUT2D eigenvalue weighted by molar-refractivity contribution is -0.161. The Morgan fingerprint density at radius 2 is 1.00 bits per heavy atom. The number of hydrogen-bond acceptors (Lipinski definition) is 13. The van der Waals surface area contributed by atoms with Gasteiger partial charge >= 0.3 is 27.6 Å². The first kappa shape index (κ1) is 65.7. The second-order valence-corrected chi connectivity index (χ2v) is 20.5. The minimum Gasteiger partial charge on any atom is -0.462 e. The van der Waals surface area contributed by atoms with Crippen LogP contribution in [0, 0.1) is 5.92 Å². The molecule has 16 nitrogen and oxygen atoms in total. The molecule has 0 aromatic rings. The van der Waals surface area contributed by atoms with Gasteiger partial charge in [-0.3, -0.25) is 23.2 Å². The highest BCUT2D eigenvalue weighted by Gasteiger charge is 2.28. The fraction of sp³-hybridized carbons (Fsp3) is 0.760. The lowest BCUT2D eigenvalue weighted by atomic mass is 10.0. The Morgan fingerprint density at radius 1 is 0.529 bits per heavy atom. The summed E-state index contributed by atoms with van der Waals surface area (Å²) in [4.78, 5) is 53.0. The molecule has 0 aromatic heterocycles. The minimum atomic E-state index is -4.91. The van der Waals surface area contributed by atoms with Crippen LogP contribution in [0.25, 0.3) is 0 Å². The van der Waals surface area contributed by atoms with Gasteiger partial charge in [0.05, 0.1) is 38.1 Å². The maximum atomic E-state index is 12.7. The van der Waals surface area contributed by atoms with Crippen LogP contribution in [0.4, 0.5) is 0 Å². The van der Waals surface area contributed by atoms with Gasteiger partial charge in [0.25, 0.3) is 0 Å². The van der Waals surface area contributed by atoms with Gasteiger partial charge in [0.15, 0.2) is 6.10 Å². The molecule has 0 fully saturated rings. The molecule has 0 aliphatic rings. The van der Waals surface area contributed by atoms with Crippen LogP contribution in [-0.2, 0) is 41.8 Å². The highest BCUT2D eigenvalue weighted by atomic mass is 31.2. The van der Waals surface area contributed by atoms with Gasteiger partial charge in [-0.1, -0.05) is 197 Å². The van der Waals surface area contributed by atoms with Crippen molar-refractivity contribution in [3.05, 3.63) is 60.8 Å². The third kappa shape index (κ3) is 46.1. The van der Waals surface area contributed by atoms with Crippen molar-refractivity contribution in [2.24, 2.45) is 5.92 Å². The van der Waals surface area contributed by atoms with Crippen molar-refractivity contribution in [1.29, 1.82) is 0 Å². The van der Waals surface area contributed by atoms with E-state index < -0.39 is 84.5 Å².